The number of halogens is 3. The van der Waals surface area contributed by atoms with Crippen molar-refractivity contribution in [1.29, 1.82) is 0 Å². The minimum Gasteiger partial charge on any atom is -0.489 e. The van der Waals surface area contributed by atoms with Crippen LogP contribution in [0.3, 0.4) is 0 Å². The molecule has 0 aliphatic heterocycles. The summed E-state index contributed by atoms with van der Waals surface area (Å²) in [6.07, 6.45) is 0. The molecule has 2 rings (SSSR count). The van der Waals surface area contributed by atoms with Crippen LogP contribution in [0.15, 0.2) is 51.4 Å². The Bertz CT molecular complexity index is 529. The Morgan fingerprint density at radius 1 is 1.06 bits per heavy atom. The molecule has 17 heavy (non-hydrogen) atoms. The van der Waals surface area contributed by atoms with Gasteiger partial charge < -0.3 is 4.74 Å². The summed E-state index contributed by atoms with van der Waals surface area (Å²) < 4.78 is 20.2. The molecule has 4 heteroatoms. The van der Waals surface area contributed by atoms with Crippen molar-refractivity contribution in [2.24, 2.45) is 0 Å². The van der Waals surface area contributed by atoms with E-state index in [0.717, 1.165) is 10.0 Å². The minimum absolute atomic E-state index is 0.322. The van der Waals surface area contributed by atoms with E-state index in [9.17, 15) is 4.39 Å². The number of hydrogen-bond donors (Lipinski definition) is 0. The first-order chi connectivity index (χ1) is 8.15. The second kappa shape index (κ2) is 5.65. The molecule has 0 aliphatic rings. The Morgan fingerprint density at radius 3 is 2.59 bits per heavy atom. The fourth-order valence-electron chi connectivity index (χ4n) is 1.36. The first-order valence-corrected chi connectivity index (χ1v) is 6.56. The molecule has 0 bridgehead atoms. The van der Waals surface area contributed by atoms with E-state index < -0.39 is 0 Å². The Kier molecular flexibility index (Phi) is 4.18. The van der Waals surface area contributed by atoms with Gasteiger partial charge in [0.1, 0.15) is 18.2 Å². The Labute approximate surface area is 116 Å². The molecular formula is C13H9Br2FO. The Hall–Kier alpha value is -0.870. The van der Waals surface area contributed by atoms with Crippen LogP contribution in [0.2, 0.25) is 0 Å². The van der Waals surface area contributed by atoms with Gasteiger partial charge in [-0.15, -0.1) is 0 Å². The van der Waals surface area contributed by atoms with Gasteiger partial charge in [0.05, 0.1) is 4.47 Å². The summed E-state index contributed by atoms with van der Waals surface area (Å²) in [6.45, 7) is 0.417. The van der Waals surface area contributed by atoms with Gasteiger partial charge in [-0.05, 0) is 45.8 Å². The van der Waals surface area contributed by atoms with E-state index in [-0.39, 0.29) is 5.82 Å². The van der Waals surface area contributed by atoms with Crippen molar-refractivity contribution in [1.82, 2.24) is 0 Å². The zero-order valence-electron chi connectivity index (χ0n) is 8.79. The van der Waals surface area contributed by atoms with E-state index >= 15 is 0 Å². The summed E-state index contributed by atoms with van der Waals surface area (Å²) in [5.41, 5.74) is 1.03. The smallest absolute Gasteiger partial charge is 0.141 e. The van der Waals surface area contributed by atoms with Gasteiger partial charge in [0, 0.05) is 10.5 Å². The third kappa shape index (κ3) is 3.54. The first-order valence-electron chi connectivity index (χ1n) is 4.97. The lowest BCUT2D eigenvalue weighted by Gasteiger charge is -2.07. The molecule has 0 fully saturated rings. The van der Waals surface area contributed by atoms with Crippen LogP contribution in [0.1, 0.15) is 5.56 Å². The van der Waals surface area contributed by atoms with E-state index in [1.165, 1.54) is 6.07 Å². The van der Waals surface area contributed by atoms with E-state index in [4.69, 9.17) is 4.74 Å². The van der Waals surface area contributed by atoms with Gasteiger partial charge in [0.15, 0.2) is 0 Å². The van der Waals surface area contributed by atoms with Crippen molar-refractivity contribution in [3.8, 4) is 5.75 Å². The van der Waals surface area contributed by atoms with Gasteiger partial charge in [-0.2, -0.15) is 0 Å². The lowest BCUT2D eigenvalue weighted by molar-refractivity contribution is 0.304. The summed E-state index contributed by atoms with van der Waals surface area (Å²) in [4.78, 5) is 0. The van der Waals surface area contributed by atoms with Crippen molar-refractivity contribution in [2.75, 3.05) is 0 Å². The molecule has 2 aromatic rings. The number of rotatable bonds is 3. The molecule has 88 valence electrons. The van der Waals surface area contributed by atoms with Gasteiger partial charge in [0.2, 0.25) is 0 Å². The van der Waals surface area contributed by atoms with Crippen molar-refractivity contribution in [3.05, 3.63) is 62.8 Å². The molecule has 0 aromatic heterocycles. The average molecular weight is 360 g/mol. The lowest BCUT2D eigenvalue weighted by Crippen LogP contribution is -1.95. The van der Waals surface area contributed by atoms with Crippen LogP contribution in [-0.4, -0.2) is 0 Å². The van der Waals surface area contributed by atoms with E-state index in [1.54, 1.807) is 12.1 Å². The van der Waals surface area contributed by atoms with Crippen LogP contribution in [-0.2, 0) is 6.61 Å². The van der Waals surface area contributed by atoms with Crippen molar-refractivity contribution >= 4 is 31.9 Å². The second-order valence-electron chi connectivity index (χ2n) is 3.49. The highest BCUT2D eigenvalue weighted by molar-refractivity contribution is 9.10. The van der Waals surface area contributed by atoms with Crippen LogP contribution < -0.4 is 4.74 Å². The molecule has 1 nitrogen and oxygen atoms in total. The lowest BCUT2D eigenvalue weighted by atomic mass is 10.2. The molecule has 0 radical (unpaired) electrons. The number of ether oxygens (including phenoxy) is 1. The van der Waals surface area contributed by atoms with Gasteiger partial charge in [-0.25, -0.2) is 4.39 Å². The molecule has 0 heterocycles. The molecule has 0 unspecified atom stereocenters. The fourth-order valence-corrected chi connectivity index (χ4v) is 2.05. The Balaban J connectivity index is 2.05. The summed E-state index contributed by atoms with van der Waals surface area (Å²) in [5, 5.41) is 0. The summed E-state index contributed by atoms with van der Waals surface area (Å²) in [6, 6.07) is 12.5. The zero-order chi connectivity index (χ0) is 12.3. The normalized spacial score (nSPS) is 10.3. The predicted molar refractivity (Wildman–Crippen MR) is 72.6 cm³/mol. The first kappa shape index (κ1) is 12.6. The molecule has 0 atom stereocenters. The molecule has 0 saturated heterocycles. The van der Waals surface area contributed by atoms with E-state index in [0.29, 0.717) is 16.8 Å². The largest absolute Gasteiger partial charge is 0.489 e. The van der Waals surface area contributed by atoms with Gasteiger partial charge in [0.25, 0.3) is 0 Å². The molecule has 0 amide bonds. The van der Waals surface area contributed by atoms with Gasteiger partial charge in [-0.3, -0.25) is 0 Å². The third-order valence-corrected chi connectivity index (χ3v) is 3.32. The maximum atomic E-state index is 13.2. The predicted octanol–water partition coefficient (Wildman–Crippen LogP) is 4.93. The van der Waals surface area contributed by atoms with E-state index in [2.05, 4.69) is 31.9 Å². The molecular weight excluding hydrogens is 351 g/mol. The summed E-state index contributed by atoms with van der Waals surface area (Å²) >= 11 is 6.49. The van der Waals surface area contributed by atoms with Gasteiger partial charge >= 0.3 is 0 Å². The summed E-state index contributed by atoms with van der Waals surface area (Å²) in [7, 11) is 0. The van der Waals surface area contributed by atoms with E-state index in [1.807, 2.05) is 24.3 Å². The molecule has 0 N–H and O–H groups in total. The topological polar surface area (TPSA) is 9.23 Å². The second-order valence-corrected chi connectivity index (χ2v) is 5.26. The maximum absolute atomic E-state index is 13.2. The molecule has 0 saturated carbocycles. The zero-order valence-corrected chi connectivity index (χ0v) is 12.0. The van der Waals surface area contributed by atoms with Crippen LogP contribution in [0.5, 0.6) is 5.75 Å². The van der Waals surface area contributed by atoms with Gasteiger partial charge in [-0.1, -0.05) is 28.1 Å². The van der Waals surface area contributed by atoms with Crippen molar-refractivity contribution < 1.29 is 9.13 Å². The maximum Gasteiger partial charge on any atom is 0.141 e. The average Bonchev–Trinajstić information content (AvgIpc) is 2.31. The highest BCUT2D eigenvalue weighted by atomic mass is 79.9. The third-order valence-electron chi connectivity index (χ3n) is 2.19. The quantitative estimate of drug-likeness (QED) is 0.754. The molecule has 0 spiro atoms. The Morgan fingerprint density at radius 2 is 1.88 bits per heavy atom. The SMILES string of the molecule is Fc1cc(OCc2cccc(Br)c2)ccc1Br. The molecule has 2 aromatic carbocycles. The number of hydrogen-bond acceptors (Lipinski definition) is 1. The van der Waals surface area contributed by atoms with Crippen LogP contribution in [0, 0.1) is 5.82 Å². The number of benzene rings is 2. The molecule has 0 aliphatic carbocycles. The highest BCUT2D eigenvalue weighted by Gasteiger charge is 2.02. The monoisotopic (exact) mass is 358 g/mol. The fraction of sp³-hybridized carbons (Fsp3) is 0.0769. The van der Waals surface area contributed by atoms with Crippen LogP contribution in [0.25, 0.3) is 0 Å². The highest BCUT2D eigenvalue weighted by Crippen LogP contribution is 2.22. The van der Waals surface area contributed by atoms with Crippen LogP contribution in [0.4, 0.5) is 4.39 Å². The van der Waals surface area contributed by atoms with Crippen molar-refractivity contribution in [2.45, 2.75) is 6.61 Å². The van der Waals surface area contributed by atoms with Crippen molar-refractivity contribution in [3.63, 3.8) is 0 Å². The minimum atomic E-state index is -0.322. The summed E-state index contributed by atoms with van der Waals surface area (Å²) in [5.74, 6) is 0.197. The standard InChI is InChI=1S/C13H9Br2FO/c14-10-3-1-2-9(6-10)8-17-11-4-5-12(15)13(16)7-11/h1-7H,8H2. The van der Waals surface area contributed by atoms with Crippen LogP contribution >= 0.6 is 31.9 Å².